The summed E-state index contributed by atoms with van der Waals surface area (Å²) in [4.78, 5) is 1.15. The van der Waals surface area contributed by atoms with Crippen molar-refractivity contribution >= 4 is 11.8 Å². The van der Waals surface area contributed by atoms with Crippen LogP contribution in [-0.4, -0.2) is 22.6 Å². The first kappa shape index (κ1) is 12.6. The van der Waals surface area contributed by atoms with Gasteiger partial charge >= 0.3 is 0 Å². The molecule has 1 rings (SSSR count). The quantitative estimate of drug-likeness (QED) is 0.758. The molecular formula is C12H18O2S. The molecule has 3 heteroatoms. The first-order valence-corrected chi connectivity index (χ1v) is 6.13. The van der Waals surface area contributed by atoms with E-state index < -0.39 is 6.10 Å². The Labute approximate surface area is 95.3 Å². The van der Waals surface area contributed by atoms with Crippen LogP contribution in [0.1, 0.15) is 25.5 Å². The third-order valence-corrected chi connectivity index (χ3v) is 3.51. The van der Waals surface area contributed by atoms with Crippen molar-refractivity contribution in [2.24, 2.45) is 5.92 Å². The number of thioether (sulfide) groups is 1. The second-order valence-corrected chi connectivity index (χ2v) is 4.94. The van der Waals surface area contributed by atoms with Crippen LogP contribution in [0.3, 0.4) is 0 Å². The maximum Gasteiger partial charge on any atom is 0.0762 e. The number of hydrogen-bond donors (Lipinski definition) is 2. The lowest BCUT2D eigenvalue weighted by molar-refractivity contribution is 0.199. The van der Waals surface area contributed by atoms with Gasteiger partial charge in [0.1, 0.15) is 0 Å². The molecule has 2 nitrogen and oxygen atoms in total. The largest absolute Gasteiger partial charge is 0.396 e. The van der Waals surface area contributed by atoms with Gasteiger partial charge in [0, 0.05) is 17.3 Å². The van der Waals surface area contributed by atoms with E-state index in [4.69, 9.17) is 5.11 Å². The summed E-state index contributed by atoms with van der Waals surface area (Å²) in [6.07, 6.45) is -0.416. The highest BCUT2D eigenvalue weighted by Crippen LogP contribution is 2.23. The average Bonchev–Trinajstić information content (AvgIpc) is 2.26. The Balaban J connectivity index is 2.58. The van der Waals surface area contributed by atoms with Crippen molar-refractivity contribution < 1.29 is 10.2 Å². The Kier molecular flexibility index (Phi) is 5.15. The molecule has 2 N–H and O–H groups in total. The van der Waals surface area contributed by atoms with Crippen molar-refractivity contribution in [2.45, 2.75) is 24.8 Å². The molecule has 0 amide bonds. The van der Waals surface area contributed by atoms with Gasteiger partial charge in [-0.3, -0.25) is 0 Å². The van der Waals surface area contributed by atoms with Crippen molar-refractivity contribution in [2.75, 3.05) is 12.4 Å². The van der Waals surface area contributed by atoms with Crippen molar-refractivity contribution in [3.63, 3.8) is 0 Å². The van der Waals surface area contributed by atoms with Gasteiger partial charge in [0.15, 0.2) is 0 Å². The molecule has 0 heterocycles. The lowest BCUT2D eigenvalue weighted by Gasteiger charge is -2.09. The van der Waals surface area contributed by atoms with Gasteiger partial charge in [-0.1, -0.05) is 19.1 Å². The molecule has 15 heavy (non-hydrogen) atoms. The van der Waals surface area contributed by atoms with E-state index in [0.29, 0.717) is 5.92 Å². The molecule has 0 aromatic heterocycles. The number of aliphatic hydroxyl groups excluding tert-OH is 2. The molecule has 0 aliphatic carbocycles. The first-order chi connectivity index (χ1) is 7.13. The van der Waals surface area contributed by atoms with Gasteiger partial charge in [0.05, 0.1) is 6.10 Å². The smallest absolute Gasteiger partial charge is 0.0762 e. The van der Waals surface area contributed by atoms with E-state index in [1.54, 1.807) is 18.7 Å². The maximum absolute atomic E-state index is 9.42. The minimum absolute atomic E-state index is 0.225. The van der Waals surface area contributed by atoms with Gasteiger partial charge in [0.2, 0.25) is 0 Å². The molecule has 2 unspecified atom stereocenters. The Bertz CT molecular complexity index is 299. The molecule has 1 aromatic rings. The molecule has 0 radical (unpaired) electrons. The molecule has 1 aromatic carbocycles. The predicted octanol–water partition coefficient (Wildman–Crippen LogP) is 2.46. The molecule has 2 atom stereocenters. The predicted molar refractivity (Wildman–Crippen MR) is 64.0 cm³/mol. The SMILES string of the molecule is CC(CO)CSc1cccc(C(C)O)c1. The van der Waals surface area contributed by atoms with E-state index in [0.717, 1.165) is 16.2 Å². The van der Waals surface area contributed by atoms with Gasteiger partial charge in [-0.25, -0.2) is 0 Å². The summed E-state index contributed by atoms with van der Waals surface area (Å²) < 4.78 is 0. The highest BCUT2D eigenvalue weighted by Gasteiger charge is 2.04. The van der Waals surface area contributed by atoms with Gasteiger partial charge in [-0.15, -0.1) is 11.8 Å². The van der Waals surface area contributed by atoms with Crippen LogP contribution >= 0.6 is 11.8 Å². The molecule has 0 saturated heterocycles. The van der Waals surface area contributed by atoms with Gasteiger partial charge in [-0.2, -0.15) is 0 Å². The van der Waals surface area contributed by atoms with E-state index >= 15 is 0 Å². The zero-order valence-corrected chi connectivity index (χ0v) is 10.00. The third-order valence-electron chi connectivity index (χ3n) is 2.19. The summed E-state index contributed by atoms with van der Waals surface area (Å²) in [7, 11) is 0. The van der Waals surface area contributed by atoms with Crippen molar-refractivity contribution in [3.8, 4) is 0 Å². The highest BCUT2D eigenvalue weighted by atomic mass is 32.2. The standard InChI is InChI=1S/C12H18O2S/c1-9(7-13)8-15-12-5-3-4-11(6-12)10(2)14/h3-6,9-10,13-14H,7-8H2,1-2H3. The fraction of sp³-hybridized carbons (Fsp3) is 0.500. The van der Waals surface area contributed by atoms with Gasteiger partial charge in [-0.05, 0) is 30.5 Å². The fourth-order valence-electron chi connectivity index (χ4n) is 1.16. The van der Waals surface area contributed by atoms with Crippen LogP contribution in [-0.2, 0) is 0 Å². The van der Waals surface area contributed by atoms with Crippen LogP contribution < -0.4 is 0 Å². The van der Waals surface area contributed by atoms with Crippen molar-refractivity contribution in [1.29, 1.82) is 0 Å². The number of aliphatic hydroxyl groups is 2. The molecular weight excluding hydrogens is 208 g/mol. The maximum atomic E-state index is 9.42. The topological polar surface area (TPSA) is 40.5 Å². The Morgan fingerprint density at radius 2 is 2.07 bits per heavy atom. The summed E-state index contributed by atoms with van der Waals surface area (Å²) in [5.74, 6) is 1.21. The Morgan fingerprint density at radius 3 is 2.67 bits per heavy atom. The van der Waals surface area contributed by atoms with Crippen LogP contribution in [0.4, 0.5) is 0 Å². The highest BCUT2D eigenvalue weighted by molar-refractivity contribution is 7.99. The normalized spacial score (nSPS) is 14.9. The first-order valence-electron chi connectivity index (χ1n) is 5.15. The van der Waals surface area contributed by atoms with E-state index in [1.807, 2.05) is 31.2 Å². The zero-order valence-electron chi connectivity index (χ0n) is 9.18. The van der Waals surface area contributed by atoms with E-state index in [1.165, 1.54) is 0 Å². The molecule has 0 saturated carbocycles. The van der Waals surface area contributed by atoms with Crippen molar-refractivity contribution in [3.05, 3.63) is 29.8 Å². The van der Waals surface area contributed by atoms with E-state index in [-0.39, 0.29) is 6.61 Å². The van der Waals surface area contributed by atoms with Crippen LogP contribution in [0, 0.1) is 5.92 Å². The minimum atomic E-state index is -0.416. The molecule has 0 bridgehead atoms. The third kappa shape index (κ3) is 4.24. The Morgan fingerprint density at radius 1 is 1.33 bits per heavy atom. The van der Waals surface area contributed by atoms with Crippen LogP contribution in [0.2, 0.25) is 0 Å². The molecule has 0 spiro atoms. The second-order valence-electron chi connectivity index (χ2n) is 3.85. The molecule has 84 valence electrons. The van der Waals surface area contributed by atoms with Crippen LogP contribution in [0.25, 0.3) is 0 Å². The zero-order chi connectivity index (χ0) is 11.3. The fourth-order valence-corrected chi connectivity index (χ4v) is 2.13. The molecule has 0 aliphatic rings. The summed E-state index contributed by atoms with van der Waals surface area (Å²) in [5, 5.41) is 18.3. The summed E-state index contributed by atoms with van der Waals surface area (Å²) in [5.41, 5.74) is 0.941. The summed E-state index contributed by atoms with van der Waals surface area (Å²) >= 11 is 1.71. The Hall–Kier alpha value is -0.510. The minimum Gasteiger partial charge on any atom is -0.396 e. The summed E-state index contributed by atoms with van der Waals surface area (Å²) in [6, 6.07) is 7.90. The van der Waals surface area contributed by atoms with Gasteiger partial charge < -0.3 is 10.2 Å². The second kappa shape index (κ2) is 6.16. The molecule has 0 fully saturated rings. The van der Waals surface area contributed by atoms with E-state index in [9.17, 15) is 5.11 Å². The number of rotatable bonds is 5. The molecule has 0 aliphatic heterocycles. The monoisotopic (exact) mass is 226 g/mol. The number of benzene rings is 1. The average molecular weight is 226 g/mol. The van der Waals surface area contributed by atoms with Crippen LogP contribution in [0.15, 0.2) is 29.2 Å². The number of hydrogen-bond acceptors (Lipinski definition) is 3. The van der Waals surface area contributed by atoms with Crippen molar-refractivity contribution in [1.82, 2.24) is 0 Å². The summed E-state index contributed by atoms with van der Waals surface area (Å²) in [6.45, 7) is 4.01. The van der Waals surface area contributed by atoms with Gasteiger partial charge in [0.25, 0.3) is 0 Å². The van der Waals surface area contributed by atoms with E-state index in [2.05, 4.69) is 0 Å². The van der Waals surface area contributed by atoms with Crippen LogP contribution in [0.5, 0.6) is 0 Å². The lowest BCUT2D eigenvalue weighted by Crippen LogP contribution is -2.03. The lowest BCUT2D eigenvalue weighted by atomic mass is 10.1.